The number of ether oxygens (including phenoxy) is 1. The number of hydrogen-bond donors (Lipinski definition) is 0. The average molecular weight is 749 g/mol. The van der Waals surface area contributed by atoms with E-state index in [0.717, 1.165) is 17.9 Å². The van der Waals surface area contributed by atoms with E-state index in [-0.39, 0.29) is 0 Å². The van der Waals surface area contributed by atoms with Gasteiger partial charge >= 0.3 is 0 Å². The van der Waals surface area contributed by atoms with Gasteiger partial charge in [0, 0.05) is 22.6 Å². The topological polar surface area (TPSA) is 9.23 Å². The van der Waals surface area contributed by atoms with E-state index in [4.69, 9.17) is 4.74 Å². The van der Waals surface area contributed by atoms with Gasteiger partial charge in [0.1, 0.15) is 11.5 Å². The summed E-state index contributed by atoms with van der Waals surface area (Å²) in [5.41, 5.74) is 21.2. The van der Waals surface area contributed by atoms with Gasteiger partial charge in [-0.2, -0.15) is 0 Å². The zero-order valence-corrected chi connectivity index (χ0v) is 32.2. The van der Waals surface area contributed by atoms with Gasteiger partial charge in [-0.05, 0) is 107 Å². The standard InChI is InChI=1S/C58H36O/c1-3-16-39-35(14-1)28-31-44-43-20-7-11-25-48(43)58(55(39)44)49-26-12-8-21-45(49)54-38(22-13-27-50(54)58)37-30-33-53-52(34-37)57(51-32-29-36-15-2-4-17-40(36)56(51)59-53)46-23-9-5-18-41(46)42-19-6-10-24-47(42)57/h1-28,30-34,36H,29H2. The maximum atomic E-state index is 7.18. The highest BCUT2D eigenvalue weighted by Gasteiger charge is 2.55. The van der Waals surface area contributed by atoms with Gasteiger partial charge in [0.15, 0.2) is 0 Å². The van der Waals surface area contributed by atoms with Crippen molar-refractivity contribution < 1.29 is 4.74 Å². The predicted molar refractivity (Wildman–Crippen MR) is 240 cm³/mol. The molecule has 0 fully saturated rings. The van der Waals surface area contributed by atoms with Gasteiger partial charge < -0.3 is 4.74 Å². The zero-order chi connectivity index (χ0) is 38.5. The summed E-state index contributed by atoms with van der Waals surface area (Å²) >= 11 is 0. The van der Waals surface area contributed by atoms with Crippen LogP contribution in [-0.4, -0.2) is 0 Å². The second-order valence-electron chi connectivity index (χ2n) is 16.9. The van der Waals surface area contributed by atoms with E-state index in [1.165, 1.54) is 105 Å². The molecule has 1 nitrogen and oxygen atoms in total. The number of allylic oxidation sites excluding steroid dienone is 7. The fourth-order valence-corrected chi connectivity index (χ4v) is 12.3. The van der Waals surface area contributed by atoms with E-state index in [2.05, 4.69) is 200 Å². The number of benzene rings is 8. The van der Waals surface area contributed by atoms with Crippen molar-refractivity contribution >= 4 is 10.8 Å². The van der Waals surface area contributed by atoms with Crippen molar-refractivity contribution in [3.05, 3.63) is 256 Å². The molecule has 5 aliphatic carbocycles. The van der Waals surface area contributed by atoms with Crippen LogP contribution >= 0.6 is 0 Å². The van der Waals surface area contributed by atoms with Crippen LogP contribution in [0.2, 0.25) is 0 Å². The van der Waals surface area contributed by atoms with Crippen LogP contribution in [0.15, 0.2) is 217 Å². The molecular weight excluding hydrogens is 713 g/mol. The van der Waals surface area contributed by atoms with Crippen LogP contribution in [0.25, 0.3) is 55.3 Å². The third kappa shape index (κ3) is 3.74. The molecule has 274 valence electrons. The monoisotopic (exact) mass is 748 g/mol. The van der Waals surface area contributed by atoms with E-state index in [1.807, 2.05) is 0 Å². The maximum Gasteiger partial charge on any atom is 0.135 e. The van der Waals surface area contributed by atoms with Crippen LogP contribution in [0.1, 0.15) is 45.4 Å². The smallest absolute Gasteiger partial charge is 0.135 e. The summed E-state index contributed by atoms with van der Waals surface area (Å²) in [5.74, 6) is 2.25. The molecule has 2 spiro atoms. The summed E-state index contributed by atoms with van der Waals surface area (Å²) in [6, 6.07) is 64.2. The summed E-state index contributed by atoms with van der Waals surface area (Å²) in [6.07, 6.45) is 12.4. The average Bonchev–Trinajstić information content (AvgIpc) is 3.90. The summed E-state index contributed by atoms with van der Waals surface area (Å²) in [5, 5.41) is 2.59. The Bertz CT molecular complexity index is 3300. The Labute approximate surface area is 343 Å². The molecule has 0 N–H and O–H groups in total. The molecule has 1 heterocycles. The van der Waals surface area contributed by atoms with Crippen molar-refractivity contribution in [2.45, 2.75) is 17.3 Å². The SMILES string of the molecule is C1=CC2=C3Oc4ccc(-c5cccc6c5-c5ccccc5C65c6ccccc6-c6ccc7ccccc7c65)cc4C4(C3=CCC2C=C1)c1ccccc1-c1ccccc14. The quantitative estimate of drug-likeness (QED) is 0.162. The van der Waals surface area contributed by atoms with Gasteiger partial charge in [0.2, 0.25) is 0 Å². The lowest BCUT2D eigenvalue weighted by Crippen LogP contribution is -2.37. The first-order valence-electron chi connectivity index (χ1n) is 21.0. The normalized spacial score (nSPS) is 19.9. The lowest BCUT2D eigenvalue weighted by Gasteiger charge is -2.44. The summed E-state index contributed by atoms with van der Waals surface area (Å²) in [7, 11) is 0. The first kappa shape index (κ1) is 31.8. The first-order valence-corrected chi connectivity index (χ1v) is 21.0. The minimum absolute atomic E-state index is 0.311. The molecule has 0 aromatic heterocycles. The first-order chi connectivity index (χ1) is 29.3. The Kier molecular flexibility index (Phi) is 6.06. The molecular formula is C58H36O. The van der Waals surface area contributed by atoms with Crippen LogP contribution < -0.4 is 4.74 Å². The summed E-state index contributed by atoms with van der Waals surface area (Å²) in [4.78, 5) is 0. The minimum Gasteiger partial charge on any atom is -0.456 e. The van der Waals surface area contributed by atoms with Crippen molar-refractivity contribution in [2.24, 2.45) is 5.92 Å². The number of hydrogen-bond acceptors (Lipinski definition) is 1. The summed E-state index contributed by atoms with van der Waals surface area (Å²) in [6.45, 7) is 0. The molecule has 0 saturated carbocycles. The van der Waals surface area contributed by atoms with Crippen LogP contribution in [0.5, 0.6) is 5.75 Å². The number of fused-ring (bicyclic) bond motifs is 22. The van der Waals surface area contributed by atoms with Crippen molar-refractivity contribution in [3.63, 3.8) is 0 Å². The Morgan fingerprint density at radius 1 is 0.475 bits per heavy atom. The van der Waals surface area contributed by atoms with Crippen LogP contribution in [-0.2, 0) is 10.8 Å². The molecule has 2 atom stereocenters. The molecule has 14 rings (SSSR count). The fourth-order valence-electron chi connectivity index (χ4n) is 12.3. The molecule has 1 heteroatoms. The van der Waals surface area contributed by atoms with Crippen molar-refractivity contribution in [1.29, 1.82) is 0 Å². The van der Waals surface area contributed by atoms with Crippen molar-refractivity contribution in [2.75, 3.05) is 0 Å². The molecule has 1 aliphatic heterocycles. The van der Waals surface area contributed by atoms with E-state index >= 15 is 0 Å². The Morgan fingerprint density at radius 3 is 1.88 bits per heavy atom. The molecule has 0 radical (unpaired) electrons. The molecule has 6 aliphatic rings. The molecule has 2 unspecified atom stereocenters. The Hall–Kier alpha value is -7.22. The van der Waals surface area contributed by atoms with Gasteiger partial charge in [0.05, 0.1) is 10.8 Å². The van der Waals surface area contributed by atoms with Gasteiger partial charge in [-0.3, -0.25) is 0 Å². The van der Waals surface area contributed by atoms with Gasteiger partial charge in [-0.15, -0.1) is 0 Å². The lowest BCUT2D eigenvalue weighted by atomic mass is 9.62. The van der Waals surface area contributed by atoms with Gasteiger partial charge in [0.25, 0.3) is 0 Å². The second kappa shape index (κ2) is 11.2. The van der Waals surface area contributed by atoms with Crippen LogP contribution in [0, 0.1) is 5.92 Å². The Morgan fingerprint density at radius 2 is 1.10 bits per heavy atom. The third-order valence-electron chi connectivity index (χ3n) is 14.5. The minimum atomic E-state index is -0.529. The van der Waals surface area contributed by atoms with E-state index in [1.54, 1.807) is 0 Å². The zero-order valence-electron chi connectivity index (χ0n) is 32.2. The summed E-state index contributed by atoms with van der Waals surface area (Å²) < 4.78 is 7.18. The third-order valence-corrected chi connectivity index (χ3v) is 14.5. The molecule has 8 aromatic rings. The largest absolute Gasteiger partial charge is 0.456 e. The van der Waals surface area contributed by atoms with Crippen LogP contribution in [0.3, 0.4) is 0 Å². The van der Waals surface area contributed by atoms with Crippen LogP contribution in [0.4, 0.5) is 0 Å². The lowest BCUT2D eigenvalue weighted by molar-refractivity contribution is 0.374. The number of rotatable bonds is 1. The Balaban J connectivity index is 1.07. The van der Waals surface area contributed by atoms with Gasteiger partial charge in [-0.25, -0.2) is 0 Å². The highest BCUT2D eigenvalue weighted by atomic mass is 16.5. The fraction of sp³-hybridized carbons (Fsp3) is 0.0690. The second-order valence-corrected chi connectivity index (χ2v) is 16.9. The van der Waals surface area contributed by atoms with E-state index < -0.39 is 10.8 Å². The molecule has 0 amide bonds. The van der Waals surface area contributed by atoms with Gasteiger partial charge in [-0.1, -0.05) is 188 Å². The van der Waals surface area contributed by atoms with E-state index in [0.29, 0.717) is 5.92 Å². The highest BCUT2D eigenvalue weighted by Crippen LogP contribution is 2.67. The van der Waals surface area contributed by atoms with Crippen molar-refractivity contribution in [1.82, 2.24) is 0 Å². The highest BCUT2D eigenvalue weighted by molar-refractivity contribution is 6.06. The molecule has 8 aromatic carbocycles. The van der Waals surface area contributed by atoms with Crippen molar-refractivity contribution in [3.8, 4) is 50.3 Å². The van der Waals surface area contributed by atoms with E-state index in [9.17, 15) is 0 Å². The maximum absolute atomic E-state index is 7.18. The predicted octanol–water partition coefficient (Wildman–Crippen LogP) is 13.9. The molecule has 0 bridgehead atoms. The molecule has 59 heavy (non-hydrogen) atoms. The molecule has 0 saturated heterocycles.